The van der Waals surface area contributed by atoms with Gasteiger partial charge in [-0.15, -0.1) is 0 Å². The molecule has 0 aromatic heterocycles. The Morgan fingerprint density at radius 3 is 3.00 bits per heavy atom. The van der Waals surface area contributed by atoms with E-state index in [1.54, 1.807) is 6.20 Å². The minimum atomic E-state index is -0.291. The zero-order valence-electron chi connectivity index (χ0n) is 8.97. The molecule has 0 saturated heterocycles. The molecule has 84 valence electrons. The van der Waals surface area contributed by atoms with Gasteiger partial charge in [0.15, 0.2) is 0 Å². The number of hydrogen-bond acceptors (Lipinski definition) is 2. The van der Waals surface area contributed by atoms with Crippen LogP contribution >= 0.6 is 0 Å². The van der Waals surface area contributed by atoms with Crippen molar-refractivity contribution >= 4 is 6.41 Å². The van der Waals surface area contributed by atoms with E-state index in [9.17, 15) is 9.90 Å². The first kappa shape index (κ1) is 10.9. The molecule has 0 saturated carbocycles. The van der Waals surface area contributed by atoms with Crippen LogP contribution in [0.2, 0.25) is 0 Å². The number of hydrogen-bond donors (Lipinski definition) is 2. The lowest BCUT2D eigenvalue weighted by Crippen LogP contribution is -2.22. The summed E-state index contributed by atoms with van der Waals surface area (Å²) in [6, 6.07) is 8.12. The molecule has 0 heterocycles. The highest BCUT2D eigenvalue weighted by Gasteiger charge is 2.23. The fourth-order valence-electron chi connectivity index (χ4n) is 2.23. The molecule has 2 N–H and O–H groups in total. The third-order valence-corrected chi connectivity index (χ3v) is 2.93. The summed E-state index contributed by atoms with van der Waals surface area (Å²) in [4.78, 5) is 10.1. The molecule has 0 aliphatic heterocycles. The lowest BCUT2D eigenvalue weighted by Gasteiger charge is -2.26. The van der Waals surface area contributed by atoms with Crippen LogP contribution in [0.25, 0.3) is 0 Å². The fourth-order valence-corrected chi connectivity index (χ4v) is 2.23. The molecule has 0 fully saturated rings. The Hall–Kier alpha value is -1.61. The van der Waals surface area contributed by atoms with Crippen molar-refractivity contribution < 1.29 is 9.90 Å². The topological polar surface area (TPSA) is 49.3 Å². The SMILES string of the molecule is O=CNC=CC1CC(O)Cc2ccccc21. The third kappa shape index (κ3) is 2.31. The van der Waals surface area contributed by atoms with Crippen LogP contribution in [0, 0.1) is 0 Å². The van der Waals surface area contributed by atoms with Crippen LogP contribution in [0.15, 0.2) is 36.5 Å². The molecular formula is C13H15NO2. The second kappa shape index (κ2) is 4.94. The Bertz CT molecular complexity index is 401. The molecule has 1 aliphatic rings. The first-order chi connectivity index (χ1) is 7.81. The van der Waals surface area contributed by atoms with Gasteiger partial charge in [0.1, 0.15) is 0 Å². The second-order valence-electron chi connectivity index (χ2n) is 4.04. The molecule has 1 aromatic carbocycles. The van der Waals surface area contributed by atoms with E-state index in [1.807, 2.05) is 24.3 Å². The van der Waals surface area contributed by atoms with E-state index in [-0.39, 0.29) is 12.0 Å². The van der Waals surface area contributed by atoms with Gasteiger partial charge >= 0.3 is 0 Å². The number of carbonyl (C=O) groups is 1. The maximum absolute atomic E-state index is 10.1. The van der Waals surface area contributed by atoms with Crippen molar-refractivity contribution in [1.82, 2.24) is 5.32 Å². The predicted molar refractivity (Wildman–Crippen MR) is 61.9 cm³/mol. The van der Waals surface area contributed by atoms with Crippen LogP contribution in [0.4, 0.5) is 0 Å². The molecule has 3 heteroatoms. The van der Waals surface area contributed by atoms with Crippen molar-refractivity contribution in [2.75, 3.05) is 0 Å². The van der Waals surface area contributed by atoms with Crippen LogP contribution in [0.1, 0.15) is 23.5 Å². The molecule has 1 aliphatic carbocycles. The first-order valence-corrected chi connectivity index (χ1v) is 5.43. The average molecular weight is 217 g/mol. The fraction of sp³-hybridized carbons (Fsp3) is 0.308. The maximum Gasteiger partial charge on any atom is 0.211 e. The van der Waals surface area contributed by atoms with Crippen LogP contribution < -0.4 is 5.32 Å². The number of rotatable bonds is 3. The van der Waals surface area contributed by atoms with E-state index in [0.717, 1.165) is 6.42 Å². The van der Waals surface area contributed by atoms with Crippen LogP contribution in [0.5, 0.6) is 0 Å². The van der Waals surface area contributed by atoms with Crippen molar-refractivity contribution in [1.29, 1.82) is 0 Å². The average Bonchev–Trinajstić information content (AvgIpc) is 2.29. The van der Waals surface area contributed by atoms with Gasteiger partial charge in [0.2, 0.25) is 6.41 Å². The molecule has 16 heavy (non-hydrogen) atoms. The van der Waals surface area contributed by atoms with Crippen molar-refractivity contribution in [3.63, 3.8) is 0 Å². The molecule has 2 atom stereocenters. The van der Waals surface area contributed by atoms with Crippen LogP contribution in [0.3, 0.4) is 0 Å². The van der Waals surface area contributed by atoms with Crippen molar-refractivity contribution in [2.45, 2.75) is 24.9 Å². The lowest BCUT2D eigenvalue weighted by molar-refractivity contribution is -0.108. The van der Waals surface area contributed by atoms with Crippen molar-refractivity contribution in [3.05, 3.63) is 47.7 Å². The minimum Gasteiger partial charge on any atom is -0.393 e. The standard InChI is InChI=1S/C13H15NO2/c15-9-14-6-5-11-8-12(16)7-10-3-1-2-4-13(10)11/h1-6,9,11-12,16H,7-8H2,(H,14,15). The predicted octanol–water partition coefficient (Wildman–Crippen LogP) is 1.34. The van der Waals surface area contributed by atoms with E-state index in [0.29, 0.717) is 12.8 Å². The highest BCUT2D eigenvalue weighted by atomic mass is 16.3. The summed E-state index contributed by atoms with van der Waals surface area (Å²) in [6.07, 6.45) is 5.35. The van der Waals surface area contributed by atoms with Gasteiger partial charge in [0.05, 0.1) is 6.10 Å². The highest BCUT2D eigenvalue weighted by Crippen LogP contribution is 2.32. The lowest BCUT2D eigenvalue weighted by atomic mass is 9.81. The summed E-state index contributed by atoms with van der Waals surface area (Å²) in [5, 5.41) is 12.3. The van der Waals surface area contributed by atoms with Crippen molar-refractivity contribution in [3.8, 4) is 0 Å². The molecule has 0 spiro atoms. The number of benzene rings is 1. The number of aliphatic hydroxyl groups excluding tert-OH is 1. The Morgan fingerprint density at radius 2 is 2.19 bits per heavy atom. The monoisotopic (exact) mass is 217 g/mol. The van der Waals surface area contributed by atoms with Crippen LogP contribution in [-0.2, 0) is 11.2 Å². The maximum atomic E-state index is 10.1. The molecule has 2 rings (SSSR count). The van der Waals surface area contributed by atoms with Crippen LogP contribution in [-0.4, -0.2) is 17.6 Å². The second-order valence-corrected chi connectivity index (χ2v) is 4.04. The summed E-state index contributed by atoms with van der Waals surface area (Å²) >= 11 is 0. The third-order valence-electron chi connectivity index (χ3n) is 2.93. The number of allylic oxidation sites excluding steroid dienone is 1. The van der Waals surface area contributed by atoms with E-state index in [4.69, 9.17) is 0 Å². The smallest absolute Gasteiger partial charge is 0.211 e. The molecule has 1 amide bonds. The zero-order chi connectivity index (χ0) is 11.4. The number of carbonyl (C=O) groups excluding carboxylic acids is 1. The van der Waals surface area contributed by atoms with E-state index in [1.165, 1.54) is 11.1 Å². The molecule has 3 nitrogen and oxygen atoms in total. The number of nitrogens with one attached hydrogen (secondary N) is 1. The van der Waals surface area contributed by atoms with Gasteiger partial charge in [-0.25, -0.2) is 0 Å². The van der Waals surface area contributed by atoms with Gasteiger partial charge in [-0.3, -0.25) is 4.79 Å². The summed E-state index contributed by atoms with van der Waals surface area (Å²) in [6.45, 7) is 0. The first-order valence-electron chi connectivity index (χ1n) is 5.43. The summed E-state index contributed by atoms with van der Waals surface area (Å²) in [5.74, 6) is 0.187. The van der Waals surface area contributed by atoms with Gasteiger partial charge in [-0.2, -0.15) is 0 Å². The van der Waals surface area contributed by atoms with E-state index in [2.05, 4.69) is 11.4 Å². The van der Waals surface area contributed by atoms with E-state index >= 15 is 0 Å². The highest BCUT2D eigenvalue weighted by molar-refractivity contribution is 5.48. The number of aliphatic hydroxyl groups is 1. The Labute approximate surface area is 94.8 Å². The molecule has 1 aromatic rings. The van der Waals surface area contributed by atoms with Gasteiger partial charge in [0.25, 0.3) is 0 Å². The van der Waals surface area contributed by atoms with Gasteiger partial charge < -0.3 is 10.4 Å². The summed E-state index contributed by atoms with van der Waals surface area (Å²) < 4.78 is 0. The number of amides is 1. The number of fused-ring (bicyclic) bond motifs is 1. The Kier molecular flexibility index (Phi) is 3.37. The summed E-state index contributed by atoms with van der Waals surface area (Å²) in [7, 11) is 0. The van der Waals surface area contributed by atoms with Crippen molar-refractivity contribution in [2.24, 2.45) is 0 Å². The van der Waals surface area contributed by atoms with Gasteiger partial charge in [-0.1, -0.05) is 30.3 Å². The molecule has 0 bridgehead atoms. The zero-order valence-corrected chi connectivity index (χ0v) is 8.97. The van der Waals surface area contributed by atoms with Gasteiger partial charge in [0, 0.05) is 12.1 Å². The van der Waals surface area contributed by atoms with Gasteiger partial charge in [-0.05, 0) is 24.0 Å². The van der Waals surface area contributed by atoms with E-state index < -0.39 is 0 Å². The molecular weight excluding hydrogens is 202 g/mol. The molecule has 0 radical (unpaired) electrons. The normalized spacial score (nSPS) is 24.1. The molecule has 2 unspecified atom stereocenters. The quantitative estimate of drug-likeness (QED) is 0.750. The largest absolute Gasteiger partial charge is 0.393 e. The Morgan fingerprint density at radius 1 is 1.38 bits per heavy atom. The minimum absolute atomic E-state index is 0.187. The summed E-state index contributed by atoms with van der Waals surface area (Å²) in [5.41, 5.74) is 2.44. The Balaban J connectivity index is 2.23.